The second-order valence-electron chi connectivity index (χ2n) is 4.49. The van der Waals surface area contributed by atoms with E-state index in [1.165, 1.54) is 24.5 Å². The third kappa shape index (κ3) is 2.64. The Morgan fingerprint density at radius 3 is 3.06 bits per heavy atom. The van der Waals surface area contributed by atoms with Crippen molar-refractivity contribution in [3.63, 3.8) is 0 Å². The molecule has 16 heavy (non-hydrogen) atoms. The Hall–Kier alpha value is -0.410. The maximum atomic E-state index is 13.2. The van der Waals surface area contributed by atoms with Gasteiger partial charge in [-0.25, -0.2) is 4.39 Å². The van der Waals surface area contributed by atoms with Gasteiger partial charge in [-0.1, -0.05) is 22.0 Å². The van der Waals surface area contributed by atoms with Crippen molar-refractivity contribution >= 4 is 15.9 Å². The minimum Gasteiger partial charge on any atom is -0.295 e. The molecule has 0 N–H and O–H groups in total. The molecule has 2 rings (SSSR count). The molecule has 1 heterocycles. The first-order valence-electron chi connectivity index (χ1n) is 5.75. The highest BCUT2D eigenvalue weighted by atomic mass is 79.9. The summed E-state index contributed by atoms with van der Waals surface area (Å²) in [4.78, 5) is 2.44. The molecule has 0 bridgehead atoms. The molecule has 3 heteroatoms. The highest BCUT2D eigenvalue weighted by molar-refractivity contribution is 9.09. The van der Waals surface area contributed by atoms with Crippen molar-refractivity contribution in [2.24, 2.45) is 0 Å². The van der Waals surface area contributed by atoms with Gasteiger partial charge in [0.25, 0.3) is 0 Å². The van der Waals surface area contributed by atoms with Crippen LogP contribution in [0, 0.1) is 12.7 Å². The third-order valence-corrected chi connectivity index (χ3v) is 4.11. The average Bonchev–Trinajstić information content (AvgIpc) is 2.71. The summed E-state index contributed by atoms with van der Waals surface area (Å²) in [5, 5.41) is 1.02. The smallest absolute Gasteiger partial charge is 0.123 e. The van der Waals surface area contributed by atoms with Gasteiger partial charge in [-0.15, -0.1) is 0 Å². The summed E-state index contributed by atoms with van der Waals surface area (Å²) in [6.07, 6.45) is 2.50. The molecule has 0 saturated carbocycles. The second kappa shape index (κ2) is 5.28. The molecule has 0 amide bonds. The van der Waals surface area contributed by atoms with E-state index in [0.717, 1.165) is 24.0 Å². The number of nitrogens with zero attached hydrogens (tertiary/aromatic N) is 1. The Labute approximate surface area is 105 Å². The third-order valence-electron chi connectivity index (χ3n) is 3.36. The highest BCUT2D eigenvalue weighted by Crippen LogP contribution is 2.23. The van der Waals surface area contributed by atoms with Crippen LogP contribution in [-0.4, -0.2) is 22.8 Å². The maximum Gasteiger partial charge on any atom is 0.123 e. The largest absolute Gasteiger partial charge is 0.295 e. The van der Waals surface area contributed by atoms with Crippen LogP contribution in [0.1, 0.15) is 24.0 Å². The number of alkyl halides is 1. The lowest BCUT2D eigenvalue weighted by Crippen LogP contribution is -2.30. The summed E-state index contributed by atoms with van der Waals surface area (Å²) in [5.74, 6) is -0.129. The fourth-order valence-electron chi connectivity index (χ4n) is 2.31. The molecule has 1 unspecified atom stereocenters. The summed E-state index contributed by atoms with van der Waals surface area (Å²) >= 11 is 3.55. The molecule has 0 radical (unpaired) electrons. The first-order chi connectivity index (χ1) is 7.70. The number of hydrogen-bond donors (Lipinski definition) is 0. The topological polar surface area (TPSA) is 3.24 Å². The first kappa shape index (κ1) is 12.1. The van der Waals surface area contributed by atoms with Crippen LogP contribution in [-0.2, 0) is 6.54 Å². The predicted molar refractivity (Wildman–Crippen MR) is 68.4 cm³/mol. The highest BCUT2D eigenvalue weighted by Gasteiger charge is 2.23. The van der Waals surface area contributed by atoms with E-state index in [4.69, 9.17) is 0 Å². The van der Waals surface area contributed by atoms with E-state index >= 15 is 0 Å². The van der Waals surface area contributed by atoms with E-state index in [2.05, 4.69) is 20.8 Å². The molecule has 1 saturated heterocycles. The van der Waals surface area contributed by atoms with Gasteiger partial charge in [0.15, 0.2) is 0 Å². The molecule has 1 fully saturated rings. The Morgan fingerprint density at radius 1 is 1.50 bits per heavy atom. The molecule has 1 aliphatic heterocycles. The van der Waals surface area contributed by atoms with Crippen LogP contribution in [0.3, 0.4) is 0 Å². The lowest BCUT2D eigenvalue weighted by atomic mass is 10.1. The molecule has 0 spiro atoms. The van der Waals surface area contributed by atoms with Crippen LogP contribution in [0.2, 0.25) is 0 Å². The maximum absolute atomic E-state index is 13.2. The van der Waals surface area contributed by atoms with E-state index in [-0.39, 0.29) is 5.82 Å². The number of benzene rings is 1. The molecule has 1 atom stereocenters. The molecule has 1 nitrogen and oxygen atoms in total. The van der Waals surface area contributed by atoms with Crippen molar-refractivity contribution in [3.05, 3.63) is 35.1 Å². The molecule has 0 aromatic heterocycles. The minimum absolute atomic E-state index is 0.129. The van der Waals surface area contributed by atoms with Gasteiger partial charge in [0, 0.05) is 17.9 Å². The molecular weight excluding hydrogens is 269 g/mol. The van der Waals surface area contributed by atoms with Crippen LogP contribution in [0.5, 0.6) is 0 Å². The number of halogens is 2. The lowest BCUT2D eigenvalue weighted by Gasteiger charge is -2.23. The zero-order chi connectivity index (χ0) is 11.5. The molecule has 1 aromatic carbocycles. The Morgan fingerprint density at radius 2 is 2.31 bits per heavy atom. The van der Waals surface area contributed by atoms with Crippen molar-refractivity contribution < 1.29 is 4.39 Å². The van der Waals surface area contributed by atoms with E-state index in [1.54, 1.807) is 6.07 Å². The zero-order valence-corrected chi connectivity index (χ0v) is 11.1. The molecule has 1 aromatic rings. The van der Waals surface area contributed by atoms with Crippen LogP contribution >= 0.6 is 15.9 Å². The van der Waals surface area contributed by atoms with Crippen LogP contribution in [0.4, 0.5) is 4.39 Å². The SMILES string of the molecule is Cc1ccc(F)cc1CN1CCCC1CBr. The summed E-state index contributed by atoms with van der Waals surface area (Å²) in [6, 6.07) is 5.68. The summed E-state index contributed by atoms with van der Waals surface area (Å²) in [5.41, 5.74) is 2.30. The minimum atomic E-state index is -0.129. The fraction of sp³-hybridized carbons (Fsp3) is 0.538. The molecular formula is C13H17BrFN. The Balaban J connectivity index is 2.11. The van der Waals surface area contributed by atoms with E-state index in [1.807, 2.05) is 13.0 Å². The monoisotopic (exact) mass is 285 g/mol. The van der Waals surface area contributed by atoms with Gasteiger partial charge in [0.2, 0.25) is 0 Å². The normalized spacial score (nSPS) is 21.6. The van der Waals surface area contributed by atoms with Gasteiger partial charge in [-0.3, -0.25) is 4.90 Å². The van der Waals surface area contributed by atoms with Crippen LogP contribution in [0.25, 0.3) is 0 Å². The average molecular weight is 286 g/mol. The van der Waals surface area contributed by atoms with Gasteiger partial charge >= 0.3 is 0 Å². The zero-order valence-electron chi connectivity index (χ0n) is 9.55. The van der Waals surface area contributed by atoms with Crippen molar-refractivity contribution in [2.75, 3.05) is 11.9 Å². The summed E-state index contributed by atoms with van der Waals surface area (Å²) in [7, 11) is 0. The van der Waals surface area contributed by atoms with Crippen LogP contribution in [0.15, 0.2) is 18.2 Å². The van der Waals surface area contributed by atoms with E-state index in [0.29, 0.717) is 6.04 Å². The predicted octanol–water partition coefficient (Wildman–Crippen LogP) is 3.49. The van der Waals surface area contributed by atoms with E-state index in [9.17, 15) is 4.39 Å². The number of rotatable bonds is 3. The van der Waals surface area contributed by atoms with Gasteiger partial charge in [0.1, 0.15) is 5.82 Å². The number of hydrogen-bond acceptors (Lipinski definition) is 1. The van der Waals surface area contributed by atoms with Gasteiger partial charge < -0.3 is 0 Å². The second-order valence-corrected chi connectivity index (χ2v) is 5.14. The summed E-state index contributed by atoms with van der Waals surface area (Å²) < 4.78 is 13.2. The standard InChI is InChI=1S/C13H17BrFN/c1-10-4-5-12(15)7-11(10)9-16-6-2-3-13(16)8-14/h4-5,7,13H,2-3,6,8-9H2,1H3. The fourth-order valence-corrected chi connectivity index (χ4v) is 3.04. The van der Waals surface area contributed by atoms with Crippen molar-refractivity contribution in [3.8, 4) is 0 Å². The number of aryl methyl sites for hydroxylation is 1. The molecule has 0 aliphatic carbocycles. The molecule has 88 valence electrons. The van der Waals surface area contributed by atoms with E-state index < -0.39 is 0 Å². The Kier molecular flexibility index (Phi) is 3.98. The van der Waals surface area contributed by atoms with Gasteiger partial charge in [-0.05, 0) is 49.6 Å². The lowest BCUT2D eigenvalue weighted by molar-refractivity contribution is 0.264. The summed E-state index contributed by atoms with van der Waals surface area (Å²) in [6.45, 7) is 4.06. The van der Waals surface area contributed by atoms with Crippen molar-refractivity contribution in [2.45, 2.75) is 32.4 Å². The van der Waals surface area contributed by atoms with Gasteiger partial charge in [-0.2, -0.15) is 0 Å². The van der Waals surface area contributed by atoms with Crippen molar-refractivity contribution in [1.29, 1.82) is 0 Å². The quantitative estimate of drug-likeness (QED) is 0.769. The van der Waals surface area contributed by atoms with Crippen molar-refractivity contribution in [1.82, 2.24) is 4.90 Å². The van der Waals surface area contributed by atoms with Crippen LogP contribution < -0.4 is 0 Å². The molecule has 1 aliphatic rings. The first-order valence-corrected chi connectivity index (χ1v) is 6.88. The Bertz CT molecular complexity index is 367. The van der Waals surface area contributed by atoms with Gasteiger partial charge in [0.05, 0.1) is 0 Å². The number of likely N-dealkylation sites (tertiary alicyclic amines) is 1.